The molecule has 2 amide bonds. The van der Waals surface area contributed by atoms with Crippen LogP contribution in [-0.2, 0) is 4.79 Å². The molecule has 3 N–H and O–H groups in total. The molecule has 0 heterocycles. The van der Waals surface area contributed by atoms with E-state index in [1.165, 1.54) is 13.0 Å². The highest BCUT2D eigenvalue weighted by molar-refractivity contribution is 6.01. The first-order valence-corrected chi connectivity index (χ1v) is 7.28. The van der Waals surface area contributed by atoms with E-state index in [9.17, 15) is 19.5 Å². The Morgan fingerprint density at radius 1 is 1.14 bits per heavy atom. The number of hydrogen-bond acceptors (Lipinski definition) is 3. The van der Waals surface area contributed by atoms with Crippen molar-refractivity contribution in [2.45, 2.75) is 39.2 Å². The number of carbonyl (C=O) groups excluding carboxylic acids is 2. The minimum Gasteiger partial charge on any atom is -0.480 e. The van der Waals surface area contributed by atoms with Crippen molar-refractivity contribution in [2.24, 2.45) is 0 Å². The van der Waals surface area contributed by atoms with E-state index in [4.69, 9.17) is 0 Å². The second-order valence-corrected chi connectivity index (χ2v) is 5.28. The van der Waals surface area contributed by atoms with Crippen LogP contribution >= 0.6 is 0 Å². The van der Waals surface area contributed by atoms with Gasteiger partial charge in [-0.25, -0.2) is 4.79 Å². The molecular weight excluding hydrogens is 284 g/mol. The Morgan fingerprint density at radius 2 is 1.73 bits per heavy atom. The van der Waals surface area contributed by atoms with Crippen LogP contribution in [0.5, 0.6) is 0 Å². The van der Waals surface area contributed by atoms with Gasteiger partial charge in [0.2, 0.25) is 0 Å². The van der Waals surface area contributed by atoms with Crippen LogP contribution in [0.3, 0.4) is 0 Å². The lowest BCUT2D eigenvalue weighted by molar-refractivity contribution is -0.143. The van der Waals surface area contributed by atoms with Gasteiger partial charge in [-0.05, 0) is 38.0 Å². The molecule has 0 saturated heterocycles. The molecule has 120 valence electrons. The number of rotatable bonds is 7. The van der Waals surface area contributed by atoms with Crippen molar-refractivity contribution in [1.29, 1.82) is 0 Å². The van der Waals surface area contributed by atoms with E-state index in [1.54, 1.807) is 25.1 Å². The molecule has 0 saturated carbocycles. The Labute approximate surface area is 129 Å². The highest BCUT2D eigenvalue weighted by Crippen LogP contribution is 2.12. The third-order valence-corrected chi connectivity index (χ3v) is 3.49. The molecule has 22 heavy (non-hydrogen) atoms. The van der Waals surface area contributed by atoms with E-state index in [-0.39, 0.29) is 17.9 Å². The van der Waals surface area contributed by atoms with Gasteiger partial charge in [-0.3, -0.25) is 9.59 Å². The fourth-order valence-electron chi connectivity index (χ4n) is 1.76. The van der Waals surface area contributed by atoms with Crippen molar-refractivity contribution in [1.82, 2.24) is 10.6 Å². The Hall–Kier alpha value is -2.37. The van der Waals surface area contributed by atoms with Gasteiger partial charge in [0.25, 0.3) is 11.8 Å². The van der Waals surface area contributed by atoms with Gasteiger partial charge in [-0.2, -0.15) is 0 Å². The first-order chi connectivity index (χ1) is 10.3. The largest absolute Gasteiger partial charge is 0.480 e. The maximum Gasteiger partial charge on any atom is 0.329 e. The van der Waals surface area contributed by atoms with E-state index in [1.807, 2.05) is 6.92 Å². The van der Waals surface area contributed by atoms with E-state index in [2.05, 4.69) is 10.6 Å². The first-order valence-electron chi connectivity index (χ1n) is 7.28. The molecule has 0 aliphatic carbocycles. The highest BCUT2D eigenvalue weighted by Gasteiger charge is 2.33. The van der Waals surface area contributed by atoms with Gasteiger partial charge in [-0.1, -0.05) is 19.9 Å². The summed E-state index contributed by atoms with van der Waals surface area (Å²) in [4.78, 5) is 35.3. The number of carboxylic acids is 1. The minimum atomic E-state index is -1.34. The number of amides is 2. The van der Waals surface area contributed by atoms with E-state index in [0.29, 0.717) is 12.1 Å². The van der Waals surface area contributed by atoms with Crippen LogP contribution in [0.15, 0.2) is 24.3 Å². The molecule has 1 rings (SSSR count). The van der Waals surface area contributed by atoms with Crippen LogP contribution in [-0.4, -0.2) is 35.0 Å². The van der Waals surface area contributed by atoms with Crippen LogP contribution in [0, 0.1) is 0 Å². The third kappa shape index (κ3) is 4.31. The molecule has 0 bridgehead atoms. The zero-order chi connectivity index (χ0) is 16.8. The predicted molar refractivity (Wildman–Crippen MR) is 82.9 cm³/mol. The van der Waals surface area contributed by atoms with Gasteiger partial charge in [0.1, 0.15) is 5.54 Å². The maximum absolute atomic E-state index is 12.2. The van der Waals surface area contributed by atoms with Gasteiger partial charge < -0.3 is 15.7 Å². The van der Waals surface area contributed by atoms with Crippen molar-refractivity contribution in [3.8, 4) is 0 Å². The third-order valence-electron chi connectivity index (χ3n) is 3.49. The molecule has 0 spiro atoms. The summed E-state index contributed by atoms with van der Waals surface area (Å²) in [7, 11) is 0. The lowest BCUT2D eigenvalue weighted by atomic mass is 9.98. The Bertz CT molecular complexity index is 571. The molecule has 0 aliphatic rings. The summed E-state index contributed by atoms with van der Waals surface area (Å²) in [5.41, 5.74) is -0.711. The Kier molecular flexibility index (Phi) is 6.10. The van der Waals surface area contributed by atoms with Gasteiger partial charge in [0, 0.05) is 17.7 Å². The van der Waals surface area contributed by atoms with Gasteiger partial charge in [0.05, 0.1) is 0 Å². The average Bonchev–Trinajstić information content (AvgIpc) is 2.52. The predicted octanol–water partition coefficient (Wildman–Crippen LogP) is 1.81. The normalized spacial score (nSPS) is 13.0. The van der Waals surface area contributed by atoms with Gasteiger partial charge >= 0.3 is 5.97 Å². The van der Waals surface area contributed by atoms with Gasteiger partial charge in [-0.15, -0.1) is 0 Å². The smallest absolute Gasteiger partial charge is 0.329 e. The highest BCUT2D eigenvalue weighted by atomic mass is 16.4. The first kappa shape index (κ1) is 17.7. The standard InChI is InChI=1S/C16H22N2O4/c1-4-9-17-13(19)11-7-6-8-12(10-11)14(20)18-16(3,5-2)15(21)22/h6-8,10H,4-5,9H2,1-3H3,(H,17,19)(H,18,20)(H,21,22). The molecule has 0 fully saturated rings. The molecule has 0 radical (unpaired) electrons. The zero-order valence-electron chi connectivity index (χ0n) is 13.1. The number of hydrogen-bond donors (Lipinski definition) is 3. The van der Waals surface area contributed by atoms with Crippen molar-refractivity contribution >= 4 is 17.8 Å². The topological polar surface area (TPSA) is 95.5 Å². The van der Waals surface area contributed by atoms with Crippen LogP contribution < -0.4 is 10.6 Å². The molecule has 1 aromatic rings. The van der Waals surface area contributed by atoms with Crippen LogP contribution in [0.1, 0.15) is 54.3 Å². The molecule has 6 nitrogen and oxygen atoms in total. The summed E-state index contributed by atoms with van der Waals surface area (Å²) in [6.45, 7) is 5.64. The van der Waals surface area contributed by atoms with Gasteiger partial charge in [0.15, 0.2) is 0 Å². The fraction of sp³-hybridized carbons (Fsp3) is 0.438. The monoisotopic (exact) mass is 306 g/mol. The number of aliphatic carboxylic acids is 1. The van der Waals surface area contributed by atoms with Crippen molar-refractivity contribution in [2.75, 3.05) is 6.54 Å². The molecule has 1 unspecified atom stereocenters. The van der Waals surface area contributed by atoms with Crippen molar-refractivity contribution in [3.05, 3.63) is 35.4 Å². The minimum absolute atomic E-state index is 0.255. The summed E-state index contributed by atoms with van der Waals surface area (Å²) < 4.78 is 0. The Morgan fingerprint density at radius 3 is 2.23 bits per heavy atom. The van der Waals surface area contributed by atoms with Crippen molar-refractivity contribution in [3.63, 3.8) is 0 Å². The average molecular weight is 306 g/mol. The second kappa shape index (κ2) is 7.59. The molecule has 0 aliphatic heterocycles. The summed E-state index contributed by atoms with van der Waals surface area (Å²) in [5.74, 6) is -1.87. The maximum atomic E-state index is 12.2. The summed E-state index contributed by atoms with van der Waals surface area (Å²) in [6, 6.07) is 6.21. The molecule has 1 atom stereocenters. The summed E-state index contributed by atoms with van der Waals surface area (Å²) in [5, 5.41) is 14.4. The lowest BCUT2D eigenvalue weighted by Gasteiger charge is -2.24. The summed E-state index contributed by atoms with van der Waals surface area (Å²) >= 11 is 0. The summed E-state index contributed by atoms with van der Waals surface area (Å²) in [6.07, 6.45) is 1.07. The quantitative estimate of drug-likeness (QED) is 0.716. The van der Waals surface area contributed by atoms with Crippen LogP contribution in [0.25, 0.3) is 0 Å². The van der Waals surface area contributed by atoms with E-state index >= 15 is 0 Å². The molecule has 6 heteroatoms. The second-order valence-electron chi connectivity index (χ2n) is 5.28. The Balaban J connectivity index is 2.91. The number of carboxylic acid groups (broad SMARTS) is 1. The molecular formula is C16H22N2O4. The van der Waals surface area contributed by atoms with E-state index in [0.717, 1.165) is 6.42 Å². The SMILES string of the molecule is CCCNC(=O)c1cccc(C(=O)NC(C)(CC)C(=O)O)c1. The van der Waals surface area contributed by atoms with E-state index < -0.39 is 17.4 Å². The molecule has 0 aromatic heterocycles. The molecule has 1 aromatic carbocycles. The van der Waals surface area contributed by atoms with Crippen LogP contribution in [0.2, 0.25) is 0 Å². The number of nitrogens with one attached hydrogen (secondary N) is 2. The lowest BCUT2D eigenvalue weighted by Crippen LogP contribution is -2.51. The zero-order valence-corrected chi connectivity index (χ0v) is 13.1. The van der Waals surface area contributed by atoms with Crippen molar-refractivity contribution < 1.29 is 19.5 Å². The number of benzene rings is 1. The van der Waals surface area contributed by atoms with Crippen LogP contribution in [0.4, 0.5) is 0 Å². The number of carbonyl (C=O) groups is 3. The fourth-order valence-corrected chi connectivity index (χ4v) is 1.76.